The monoisotopic (exact) mass is 409 g/mol. The number of esters is 1. The molecule has 8 nitrogen and oxygen atoms in total. The van der Waals surface area contributed by atoms with Gasteiger partial charge in [0.15, 0.2) is 6.61 Å². The smallest absolute Gasteiger partial charge is 0.408 e. The second kappa shape index (κ2) is 11.2. The van der Waals surface area contributed by atoms with Crippen molar-refractivity contribution >= 4 is 23.7 Å². The molecule has 30 heavy (non-hydrogen) atoms. The maximum Gasteiger partial charge on any atom is 0.408 e. The van der Waals surface area contributed by atoms with E-state index in [9.17, 15) is 14.4 Å². The Balaban J connectivity index is 1.83. The maximum absolute atomic E-state index is 12.3. The summed E-state index contributed by atoms with van der Waals surface area (Å²) in [6.07, 6.45) is -0.757. The highest BCUT2D eigenvalue weighted by Gasteiger charge is 2.27. The van der Waals surface area contributed by atoms with E-state index in [1.54, 1.807) is 32.0 Å². The Labute approximate surface area is 174 Å². The van der Waals surface area contributed by atoms with Crippen molar-refractivity contribution in [3.05, 3.63) is 65.7 Å². The lowest BCUT2D eigenvalue weighted by atomic mass is 10.1. The Hall–Kier alpha value is -3.86. The molecule has 0 aromatic heterocycles. The molecule has 0 aliphatic rings. The number of amides is 2. The van der Waals surface area contributed by atoms with Crippen LogP contribution in [0.2, 0.25) is 0 Å². The SMILES string of the molecule is CC(C)[C@H](NC(=O)OCc1ccccc1)C(=O)OCC(=O)Nc1cccc(C#N)c1. The molecule has 0 fully saturated rings. The summed E-state index contributed by atoms with van der Waals surface area (Å²) in [6, 6.07) is 16.5. The lowest BCUT2D eigenvalue weighted by Crippen LogP contribution is -2.46. The molecule has 156 valence electrons. The molecule has 2 amide bonds. The van der Waals surface area contributed by atoms with Crippen LogP contribution in [-0.2, 0) is 25.7 Å². The van der Waals surface area contributed by atoms with Gasteiger partial charge in [-0.15, -0.1) is 0 Å². The molecular formula is C22H23N3O5. The van der Waals surface area contributed by atoms with Crippen molar-refractivity contribution in [3.8, 4) is 6.07 Å². The fraction of sp³-hybridized carbons (Fsp3) is 0.273. The molecule has 0 heterocycles. The Morgan fingerprint density at radius 3 is 2.43 bits per heavy atom. The van der Waals surface area contributed by atoms with Crippen LogP contribution in [-0.4, -0.2) is 30.6 Å². The van der Waals surface area contributed by atoms with E-state index in [4.69, 9.17) is 14.7 Å². The number of nitrogens with one attached hydrogen (secondary N) is 2. The molecule has 0 saturated carbocycles. The van der Waals surface area contributed by atoms with Crippen molar-refractivity contribution < 1.29 is 23.9 Å². The van der Waals surface area contributed by atoms with Gasteiger partial charge in [0, 0.05) is 5.69 Å². The number of rotatable bonds is 8. The molecule has 0 spiro atoms. The average molecular weight is 409 g/mol. The van der Waals surface area contributed by atoms with Crippen LogP contribution in [0.15, 0.2) is 54.6 Å². The predicted molar refractivity (Wildman–Crippen MR) is 109 cm³/mol. The highest BCUT2D eigenvalue weighted by Crippen LogP contribution is 2.10. The van der Waals surface area contributed by atoms with Crippen LogP contribution in [0.25, 0.3) is 0 Å². The third-order valence-electron chi connectivity index (χ3n) is 4.03. The van der Waals surface area contributed by atoms with Gasteiger partial charge in [-0.1, -0.05) is 50.2 Å². The van der Waals surface area contributed by atoms with Gasteiger partial charge >= 0.3 is 12.1 Å². The quantitative estimate of drug-likeness (QED) is 0.647. The van der Waals surface area contributed by atoms with Crippen LogP contribution in [0.4, 0.5) is 10.5 Å². The summed E-state index contributed by atoms with van der Waals surface area (Å²) < 4.78 is 10.2. The van der Waals surface area contributed by atoms with E-state index < -0.39 is 30.6 Å². The zero-order valence-electron chi connectivity index (χ0n) is 16.8. The summed E-state index contributed by atoms with van der Waals surface area (Å²) in [6.45, 7) is 3.00. The van der Waals surface area contributed by atoms with Gasteiger partial charge in [-0.3, -0.25) is 4.79 Å². The van der Waals surface area contributed by atoms with Crippen LogP contribution in [0, 0.1) is 17.2 Å². The van der Waals surface area contributed by atoms with Crippen molar-refractivity contribution in [1.82, 2.24) is 5.32 Å². The molecule has 0 unspecified atom stereocenters. The fourth-order valence-electron chi connectivity index (χ4n) is 2.48. The van der Waals surface area contributed by atoms with Gasteiger partial charge in [-0.05, 0) is 29.7 Å². The van der Waals surface area contributed by atoms with Gasteiger partial charge in [0.1, 0.15) is 12.6 Å². The van der Waals surface area contributed by atoms with Crippen molar-refractivity contribution in [2.45, 2.75) is 26.5 Å². The fourth-order valence-corrected chi connectivity index (χ4v) is 2.48. The number of nitrogens with zero attached hydrogens (tertiary/aromatic N) is 1. The number of hydrogen-bond donors (Lipinski definition) is 2. The minimum atomic E-state index is -0.969. The highest BCUT2D eigenvalue weighted by molar-refractivity contribution is 5.93. The average Bonchev–Trinajstić information content (AvgIpc) is 2.75. The van der Waals surface area contributed by atoms with E-state index in [0.717, 1.165) is 5.56 Å². The highest BCUT2D eigenvalue weighted by atomic mass is 16.6. The summed E-state index contributed by atoms with van der Waals surface area (Å²) in [5.74, 6) is -1.59. The van der Waals surface area contributed by atoms with Gasteiger partial charge in [-0.2, -0.15) is 5.26 Å². The number of benzene rings is 2. The summed E-state index contributed by atoms with van der Waals surface area (Å²) in [5.41, 5.74) is 1.62. The number of carbonyl (C=O) groups excluding carboxylic acids is 3. The Kier molecular flexibility index (Phi) is 8.39. The van der Waals surface area contributed by atoms with Gasteiger partial charge in [-0.25, -0.2) is 9.59 Å². The standard InChI is InChI=1S/C22H23N3O5/c1-15(2)20(25-22(28)30-13-16-7-4-3-5-8-16)21(27)29-14-19(26)24-18-10-6-9-17(11-18)12-23/h3-11,15,20H,13-14H2,1-2H3,(H,24,26)(H,25,28)/t20-/m0/s1. The Bertz CT molecular complexity index is 922. The van der Waals surface area contributed by atoms with E-state index in [1.807, 2.05) is 36.4 Å². The first-order valence-electron chi connectivity index (χ1n) is 9.33. The molecule has 2 aromatic rings. The number of ether oxygens (including phenoxy) is 2. The second-order valence-corrected chi connectivity index (χ2v) is 6.78. The Morgan fingerprint density at radius 1 is 1.03 bits per heavy atom. The largest absolute Gasteiger partial charge is 0.454 e. The predicted octanol–water partition coefficient (Wildman–Crippen LogP) is 2.99. The van der Waals surface area contributed by atoms with E-state index in [-0.39, 0.29) is 12.5 Å². The van der Waals surface area contributed by atoms with Gasteiger partial charge < -0.3 is 20.1 Å². The number of carbonyl (C=O) groups is 3. The molecular weight excluding hydrogens is 386 g/mol. The number of nitriles is 1. The number of anilines is 1. The molecule has 0 aliphatic carbocycles. The lowest BCUT2D eigenvalue weighted by Gasteiger charge is -2.20. The summed E-state index contributed by atoms with van der Waals surface area (Å²) in [7, 11) is 0. The first-order chi connectivity index (χ1) is 14.4. The molecule has 0 saturated heterocycles. The Morgan fingerprint density at radius 2 is 1.77 bits per heavy atom. The van der Waals surface area contributed by atoms with Crippen LogP contribution >= 0.6 is 0 Å². The zero-order chi connectivity index (χ0) is 21.9. The number of hydrogen-bond acceptors (Lipinski definition) is 6. The molecule has 2 rings (SSSR count). The molecule has 1 atom stereocenters. The third-order valence-corrected chi connectivity index (χ3v) is 4.03. The third kappa shape index (κ3) is 7.28. The molecule has 0 bridgehead atoms. The second-order valence-electron chi connectivity index (χ2n) is 6.78. The van der Waals surface area contributed by atoms with Crippen molar-refractivity contribution in [2.75, 3.05) is 11.9 Å². The molecule has 2 N–H and O–H groups in total. The molecule has 0 aliphatic heterocycles. The topological polar surface area (TPSA) is 118 Å². The van der Waals surface area contributed by atoms with E-state index in [1.165, 1.54) is 6.07 Å². The van der Waals surface area contributed by atoms with Crippen molar-refractivity contribution in [1.29, 1.82) is 5.26 Å². The maximum atomic E-state index is 12.3. The zero-order valence-corrected chi connectivity index (χ0v) is 16.8. The summed E-state index contributed by atoms with van der Waals surface area (Å²) in [5, 5.41) is 13.9. The molecule has 8 heteroatoms. The first-order valence-corrected chi connectivity index (χ1v) is 9.33. The minimum Gasteiger partial charge on any atom is -0.454 e. The minimum absolute atomic E-state index is 0.0662. The lowest BCUT2D eigenvalue weighted by molar-refractivity contribution is -0.150. The van der Waals surface area contributed by atoms with E-state index >= 15 is 0 Å². The van der Waals surface area contributed by atoms with Gasteiger partial charge in [0.2, 0.25) is 0 Å². The van der Waals surface area contributed by atoms with E-state index in [2.05, 4.69) is 10.6 Å². The van der Waals surface area contributed by atoms with Crippen LogP contribution in [0.1, 0.15) is 25.0 Å². The van der Waals surface area contributed by atoms with Crippen molar-refractivity contribution in [3.63, 3.8) is 0 Å². The van der Waals surface area contributed by atoms with Crippen LogP contribution in [0.5, 0.6) is 0 Å². The molecule has 0 radical (unpaired) electrons. The summed E-state index contributed by atoms with van der Waals surface area (Å²) in [4.78, 5) is 36.4. The van der Waals surface area contributed by atoms with Gasteiger partial charge in [0.25, 0.3) is 5.91 Å². The molecule has 2 aromatic carbocycles. The summed E-state index contributed by atoms with van der Waals surface area (Å²) >= 11 is 0. The van der Waals surface area contributed by atoms with Crippen LogP contribution < -0.4 is 10.6 Å². The van der Waals surface area contributed by atoms with Crippen molar-refractivity contribution in [2.24, 2.45) is 5.92 Å². The number of alkyl carbamates (subject to hydrolysis) is 1. The normalized spacial score (nSPS) is 11.1. The van der Waals surface area contributed by atoms with E-state index in [0.29, 0.717) is 11.3 Å². The van der Waals surface area contributed by atoms with Gasteiger partial charge in [0.05, 0.1) is 11.6 Å². The van der Waals surface area contributed by atoms with Crippen LogP contribution in [0.3, 0.4) is 0 Å². The first kappa shape index (κ1) is 22.4.